The maximum Gasteiger partial charge on any atom is 0.141 e. The summed E-state index contributed by atoms with van der Waals surface area (Å²) in [5.74, 6) is 5.39. The molecule has 0 aliphatic carbocycles. The van der Waals surface area contributed by atoms with Gasteiger partial charge in [0.05, 0.1) is 12.2 Å². The first-order valence-corrected chi connectivity index (χ1v) is 6.62. The number of nitrogens with zero attached hydrogens (tertiary/aromatic N) is 1. The fourth-order valence-electron chi connectivity index (χ4n) is 1.57. The molecular formula is C13H13F2N3S. The van der Waals surface area contributed by atoms with Crippen LogP contribution in [0.3, 0.4) is 0 Å². The molecule has 1 heterocycles. The van der Waals surface area contributed by atoms with Crippen molar-refractivity contribution in [2.45, 2.75) is 10.9 Å². The average Bonchev–Trinajstić information content (AvgIpc) is 2.42. The van der Waals surface area contributed by atoms with Gasteiger partial charge < -0.3 is 0 Å². The Kier molecular flexibility index (Phi) is 4.84. The van der Waals surface area contributed by atoms with Gasteiger partial charge in [-0.2, -0.15) is 0 Å². The van der Waals surface area contributed by atoms with Crippen LogP contribution in [-0.4, -0.2) is 10.7 Å². The van der Waals surface area contributed by atoms with Crippen LogP contribution in [0, 0.1) is 11.6 Å². The molecule has 0 aliphatic rings. The normalized spacial score (nSPS) is 12.4. The zero-order valence-electron chi connectivity index (χ0n) is 10.0. The van der Waals surface area contributed by atoms with Gasteiger partial charge in [0.1, 0.15) is 11.6 Å². The summed E-state index contributed by atoms with van der Waals surface area (Å²) in [4.78, 5) is 4.71. The summed E-state index contributed by atoms with van der Waals surface area (Å²) in [6, 6.07) is 7.35. The highest BCUT2D eigenvalue weighted by atomic mass is 32.2. The number of thioether (sulfide) groups is 1. The monoisotopic (exact) mass is 281 g/mol. The Morgan fingerprint density at radius 1 is 1.16 bits per heavy atom. The van der Waals surface area contributed by atoms with E-state index >= 15 is 0 Å². The molecule has 1 unspecified atom stereocenters. The van der Waals surface area contributed by atoms with Gasteiger partial charge in [0, 0.05) is 16.8 Å². The second-order valence-corrected chi connectivity index (χ2v) is 5.01. The van der Waals surface area contributed by atoms with Gasteiger partial charge >= 0.3 is 0 Å². The molecule has 0 spiro atoms. The van der Waals surface area contributed by atoms with Gasteiger partial charge in [-0.1, -0.05) is 0 Å². The fraction of sp³-hybridized carbons (Fsp3) is 0.154. The van der Waals surface area contributed by atoms with E-state index in [0.717, 1.165) is 11.1 Å². The van der Waals surface area contributed by atoms with Gasteiger partial charge in [-0.3, -0.25) is 16.3 Å². The first-order chi connectivity index (χ1) is 9.19. The van der Waals surface area contributed by atoms with E-state index in [1.54, 1.807) is 18.3 Å². The zero-order chi connectivity index (χ0) is 13.7. The van der Waals surface area contributed by atoms with Gasteiger partial charge in [0.15, 0.2) is 0 Å². The van der Waals surface area contributed by atoms with Crippen molar-refractivity contribution in [1.82, 2.24) is 10.4 Å². The van der Waals surface area contributed by atoms with Crippen molar-refractivity contribution in [3.8, 4) is 0 Å². The topological polar surface area (TPSA) is 50.9 Å². The molecule has 1 atom stereocenters. The number of hydrogen-bond acceptors (Lipinski definition) is 4. The molecule has 0 saturated heterocycles. The largest absolute Gasteiger partial charge is 0.271 e. The molecule has 2 rings (SSSR count). The number of nitrogens with two attached hydrogens (primary N) is 1. The molecule has 1 aromatic carbocycles. The predicted molar refractivity (Wildman–Crippen MR) is 71.4 cm³/mol. The van der Waals surface area contributed by atoms with Gasteiger partial charge in [0.2, 0.25) is 0 Å². The SMILES string of the molecule is NNC(CSc1ccc(F)cc1)c1cncc(F)c1. The fourth-order valence-corrected chi connectivity index (χ4v) is 2.55. The van der Waals surface area contributed by atoms with Crippen LogP contribution in [0.1, 0.15) is 11.6 Å². The highest BCUT2D eigenvalue weighted by molar-refractivity contribution is 7.99. The molecular weight excluding hydrogens is 268 g/mol. The van der Waals surface area contributed by atoms with E-state index in [4.69, 9.17) is 5.84 Å². The predicted octanol–water partition coefficient (Wildman–Crippen LogP) is 2.66. The van der Waals surface area contributed by atoms with E-state index in [9.17, 15) is 8.78 Å². The minimum atomic E-state index is -0.399. The standard InChI is InChI=1S/C13H13F2N3S/c14-10-1-3-12(4-2-10)19-8-13(18-16)9-5-11(15)7-17-6-9/h1-7,13,18H,8,16H2. The maximum atomic E-state index is 13.1. The van der Waals surface area contributed by atoms with E-state index in [0.29, 0.717) is 11.3 Å². The number of rotatable bonds is 5. The molecule has 3 nitrogen and oxygen atoms in total. The van der Waals surface area contributed by atoms with Crippen molar-refractivity contribution < 1.29 is 8.78 Å². The third-order valence-electron chi connectivity index (χ3n) is 2.56. The lowest BCUT2D eigenvalue weighted by molar-refractivity contribution is 0.585. The number of hydrazine groups is 1. The van der Waals surface area contributed by atoms with Gasteiger partial charge in [-0.25, -0.2) is 8.78 Å². The quantitative estimate of drug-likeness (QED) is 0.502. The first kappa shape index (κ1) is 13.9. The number of halogens is 2. The lowest BCUT2D eigenvalue weighted by atomic mass is 10.1. The minimum absolute atomic E-state index is 0.224. The molecule has 3 N–H and O–H groups in total. The van der Waals surface area contributed by atoms with Crippen molar-refractivity contribution in [3.63, 3.8) is 0 Å². The number of hydrogen-bond donors (Lipinski definition) is 2. The van der Waals surface area contributed by atoms with E-state index in [-0.39, 0.29) is 11.9 Å². The van der Waals surface area contributed by atoms with E-state index < -0.39 is 5.82 Å². The van der Waals surface area contributed by atoms with E-state index in [1.807, 2.05) is 0 Å². The number of pyridine rings is 1. The van der Waals surface area contributed by atoms with Gasteiger partial charge in [-0.05, 0) is 35.9 Å². The number of nitrogens with one attached hydrogen (secondary N) is 1. The molecule has 19 heavy (non-hydrogen) atoms. The molecule has 0 aliphatic heterocycles. The Morgan fingerprint density at radius 2 is 1.89 bits per heavy atom. The van der Waals surface area contributed by atoms with E-state index in [2.05, 4.69) is 10.4 Å². The lowest BCUT2D eigenvalue weighted by Gasteiger charge is -2.15. The van der Waals surface area contributed by atoms with Crippen LogP contribution in [0.15, 0.2) is 47.6 Å². The Labute approximate surface area is 114 Å². The van der Waals surface area contributed by atoms with Crippen LogP contribution < -0.4 is 11.3 Å². The van der Waals surface area contributed by atoms with Crippen LogP contribution in [0.5, 0.6) is 0 Å². The zero-order valence-corrected chi connectivity index (χ0v) is 10.8. The summed E-state index contributed by atoms with van der Waals surface area (Å²) in [5.41, 5.74) is 3.30. The molecule has 0 saturated carbocycles. The Hall–Kier alpha value is -1.50. The molecule has 2 aromatic rings. The van der Waals surface area contributed by atoms with Crippen molar-refractivity contribution in [2.24, 2.45) is 5.84 Å². The molecule has 6 heteroatoms. The third kappa shape index (κ3) is 3.99. The minimum Gasteiger partial charge on any atom is -0.271 e. The highest BCUT2D eigenvalue weighted by Gasteiger charge is 2.11. The van der Waals surface area contributed by atoms with Crippen LogP contribution in [0.25, 0.3) is 0 Å². The van der Waals surface area contributed by atoms with E-state index in [1.165, 1.54) is 30.0 Å². The molecule has 0 bridgehead atoms. The molecule has 0 radical (unpaired) electrons. The van der Waals surface area contributed by atoms with Gasteiger partial charge in [0.25, 0.3) is 0 Å². The molecule has 1 aromatic heterocycles. The van der Waals surface area contributed by atoms with Crippen LogP contribution in [-0.2, 0) is 0 Å². The summed E-state index contributed by atoms with van der Waals surface area (Å²) in [6.45, 7) is 0. The molecule has 0 fully saturated rings. The summed E-state index contributed by atoms with van der Waals surface area (Å²) in [7, 11) is 0. The summed E-state index contributed by atoms with van der Waals surface area (Å²) >= 11 is 1.50. The number of benzene rings is 1. The smallest absolute Gasteiger partial charge is 0.141 e. The van der Waals surface area contributed by atoms with Crippen LogP contribution >= 0.6 is 11.8 Å². The third-order valence-corrected chi connectivity index (χ3v) is 3.67. The second-order valence-electron chi connectivity index (χ2n) is 3.92. The number of aromatic nitrogens is 1. The van der Waals surface area contributed by atoms with Crippen LogP contribution in [0.2, 0.25) is 0 Å². The Balaban J connectivity index is 2.01. The highest BCUT2D eigenvalue weighted by Crippen LogP contribution is 2.24. The summed E-state index contributed by atoms with van der Waals surface area (Å²) in [6.07, 6.45) is 2.71. The Bertz CT molecular complexity index is 534. The average molecular weight is 281 g/mol. The lowest BCUT2D eigenvalue weighted by Crippen LogP contribution is -2.29. The maximum absolute atomic E-state index is 13.1. The van der Waals surface area contributed by atoms with Crippen molar-refractivity contribution in [3.05, 3.63) is 59.9 Å². The van der Waals surface area contributed by atoms with Crippen LogP contribution in [0.4, 0.5) is 8.78 Å². The van der Waals surface area contributed by atoms with Crippen molar-refractivity contribution in [1.29, 1.82) is 0 Å². The van der Waals surface area contributed by atoms with Crippen molar-refractivity contribution in [2.75, 3.05) is 5.75 Å². The van der Waals surface area contributed by atoms with Crippen molar-refractivity contribution >= 4 is 11.8 Å². The van der Waals surface area contributed by atoms with Gasteiger partial charge in [-0.15, -0.1) is 11.8 Å². The molecule has 100 valence electrons. The Morgan fingerprint density at radius 3 is 2.53 bits per heavy atom. The summed E-state index contributed by atoms with van der Waals surface area (Å²) < 4.78 is 25.9. The summed E-state index contributed by atoms with van der Waals surface area (Å²) in [5, 5.41) is 0. The first-order valence-electron chi connectivity index (χ1n) is 5.64. The molecule has 0 amide bonds. The second kappa shape index (κ2) is 6.60.